The third-order valence-electron chi connectivity index (χ3n) is 5.13. The van der Waals surface area contributed by atoms with Gasteiger partial charge in [0.2, 0.25) is 0 Å². The fraction of sp³-hybridized carbons (Fsp3) is 0.750. The van der Waals surface area contributed by atoms with E-state index >= 15 is 0 Å². The lowest BCUT2D eigenvalue weighted by atomic mass is 10.1. The molecule has 2 heteroatoms. The smallest absolute Gasteiger partial charge is 0.119 e. The summed E-state index contributed by atoms with van der Waals surface area (Å²) in [5, 5.41) is 3.65. The number of hydrogen-bond donors (Lipinski definition) is 1. The first-order valence-corrected chi connectivity index (χ1v) is 11.2. The molecule has 0 aliphatic heterocycles. The molecule has 0 aromatic heterocycles. The standard InChI is InChI=1S/C24H43NO/c1-4-6-8-10-12-14-20-25-22(3)23-16-18-24(19-17-23)26-21-15-13-11-9-7-5-2/h16-19,22,25H,4-15,20-21H2,1-3H3. The average Bonchev–Trinajstić information content (AvgIpc) is 2.67. The van der Waals surface area contributed by atoms with Gasteiger partial charge >= 0.3 is 0 Å². The number of ether oxygens (including phenoxy) is 1. The molecule has 0 saturated heterocycles. The quantitative estimate of drug-likeness (QED) is 0.291. The molecule has 0 amide bonds. The Labute approximate surface area is 163 Å². The molecule has 1 N–H and O–H groups in total. The Morgan fingerprint density at radius 2 is 1.27 bits per heavy atom. The van der Waals surface area contributed by atoms with Crippen LogP contribution in [0.5, 0.6) is 5.75 Å². The van der Waals surface area contributed by atoms with E-state index in [9.17, 15) is 0 Å². The summed E-state index contributed by atoms with van der Waals surface area (Å²) >= 11 is 0. The third-order valence-corrected chi connectivity index (χ3v) is 5.13. The average molecular weight is 362 g/mol. The Balaban J connectivity index is 2.11. The van der Waals surface area contributed by atoms with Crippen LogP contribution < -0.4 is 10.1 Å². The van der Waals surface area contributed by atoms with Crippen molar-refractivity contribution in [2.24, 2.45) is 0 Å². The van der Waals surface area contributed by atoms with E-state index in [1.165, 1.54) is 82.6 Å². The van der Waals surface area contributed by atoms with Crippen molar-refractivity contribution < 1.29 is 4.74 Å². The van der Waals surface area contributed by atoms with Crippen LogP contribution in [0, 0.1) is 0 Å². The molecule has 26 heavy (non-hydrogen) atoms. The van der Waals surface area contributed by atoms with Crippen LogP contribution in [-0.4, -0.2) is 13.2 Å². The summed E-state index contributed by atoms with van der Waals surface area (Å²) in [6.07, 6.45) is 16.0. The van der Waals surface area contributed by atoms with Crippen molar-refractivity contribution >= 4 is 0 Å². The van der Waals surface area contributed by atoms with Gasteiger partial charge in [-0.1, -0.05) is 90.2 Å². The Bertz CT molecular complexity index is 415. The van der Waals surface area contributed by atoms with Crippen LogP contribution in [0.25, 0.3) is 0 Å². The molecule has 0 saturated carbocycles. The lowest BCUT2D eigenvalue weighted by Gasteiger charge is -2.15. The van der Waals surface area contributed by atoms with E-state index in [1.54, 1.807) is 0 Å². The molecule has 0 heterocycles. The molecule has 1 atom stereocenters. The van der Waals surface area contributed by atoms with Gasteiger partial charge in [0, 0.05) is 6.04 Å². The molecule has 1 rings (SSSR count). The summed E-state index contributed by atoms with van der Waals surface area (Å²) in [5.41, 5.74) is 1.35. The van der Waals surface area contributed by atoms with Gasteiger partial charge in [-0.3, -0.25) is 0 Å². The van der Waals surface area contributed by atoms with E-state index in [0.29, 0.717) is 6.04 Å². The monoisotopic (exact) mass is 361 g/mol. The number of unbranched alkanes of at least 4 members (excludes halogenated alkanes) is 10. The highest BCUT2D eigenvalue weighted by molar-refractivity contribution is 5.28. The summed E-state index contributed by atoms with van der Waals surface area (Å²) < 4.78 is 5.87. The Morgan fingerprint density at radius 1 is 0.731 bits per heavy atom. The van der Waals surface area contributed by atoms with Crippen LogP contribution >= 0.6 is 0 Å². The van der Waals surface area contributed by atoms with Crippen molar-refractivity contribution in [3.63, 3.8) is 0 Å². The Kier molecular flexibility index (Phi) is 14.3. The number of hydrogen-bond acceptors (Lipinski definition) is 2. The van der Waals surface area contributed by atoms with Crippen LogP contribution in [-0.2, 0) is 0 Å². The molecular weight excluding hydrogens is 318 g/mol. The van der Waals surface area contributed by atoms with Gasteiger partial charge in [-0.25, -0.2) is 0 Å². The first kappa shape index (κ1) is 23.0. The summed E-state index contributed by atoms with van der Waals surface area (Å²) in [6.45, 7) is 8.75. The zero-order valence-corrected chi connectivity index (χ0v) is 17.7. The fourth-order valence-electron chi connectivity index (χ4n) is 3.27. The molecule has 0 fully saturated rings. The maximum atomic E-state index is 5.87. The Morgan fingerprint density at radius 3 is 1.88 bits per heavy atom. The minimum Gasteiger partial charge on any atom is -0.494 e. The number of nitrogens with one attached hydrogen (secondary N) is 1. The van der Waals surface area contributed by atoms with Gasteiger partial charge in [0.25, 0.3) is 0 Å². The summed E-state index contributed by atoms with van der Waals surface area (Å²) in [4.78, 5) is 0. The molecule has 1 unspecified atom stereocenters. The predicted octanol–water partition coefficient (Wildman–Crippen LogP) is 7.44. The lowest BCUT2D eigenvalue weighted by molar-refractivity contribution is 0.304. The minimum absolute atomic E-state index is 0.415. The van der Waals surface area contributed by atoms with Gasteiger partial charge in [-0.2, -0.15) is 0 Å². The predicted molar refractivity (Wildman–Crippen MR) is 115 cm³/mol. The van der Waals surface area contributed by atoms with Crippen molar-refractivity contribution in [1.82, 2.24) is 5.32 Å². The summed E-state index contributed by atoms with van der Waals surface area (Å²) in [6, 6.07) is 9.06. The van der Waals surface area contributed by atoms with E-state index in [1.807, 2.05) is 0 Å². The maximum absolute atomic E-state index is 5.87. The molecule has 0 aliphatic rings. The number of rotatable bonds is 17. The van der Waals surface area contributed by atoms with E-state index in [2.05, 4.69) is 50.4 Å². The van der Waals surface area contributed by atoms with Crippen molar-refractivity contribution in [3.05, 3.63) is 29.8 Å². The zero-order chi connectivity index (χ0) is 18.9. The third kappa shape index (κ3) is 11.6. The van der Waals surface area contributed by atoms with Crippen molar-refractivity contribution in [2.75, 3.05) is 13.2 Å². The van der Waals surface area contributed by atoms with Gasteiger partial charge < -0.3 is 10.1 Å². The first-order chi connectivity index (χ1) is 12.8. The second kappa shape index (κ2) is 16.2. The van der Waals surface area contributed by atoms with E-state index < -0.39 is 0 Å². The van der Waals surface area contributed by atoms with Crippen molar-refractivity contribution in [3.8, 4) is 5.75 Å². The lowest BCUT2D eigenvalue weighted by Crippen LogP contribution is -2.19. The second-order valence-corrected chi connectivity index (χ2v) is 7.63. The van der Waals surface area contributed by atoms with E-state index in [4.69, 9.17) is 4.74 Å². The van der Waals surface area contributed by atoms with Crippen molar-refractivity contribution in [1.29, 1.82) is 0 Å². The highest BCUT2D eigenvalue weighted by Crippen LogP contribution is 2.18. The van der Waals surface area contributed by atoms with E-state index in [-0.39, 0.29) is 0 Å². The van der Waals surface area contributed by atoms with Gasteiger partial charge in [0.05, 0.1) is 6.61 Å². The largest absolute Gasteiger partial charge is 0.494 e. The van der Waals surface area contributed by atoms with Crippen LogP contribution in [0.4, 0.5) is 0 Å². The van der Waals surface area contributed by atoms with Gasteiger partial charge in [0.1, 0.15) is 5.75 Å². The molecule has 0 spiro atoms. The molecule has 2 nitrogen and oxygen atoms in total. The zero-order valence-electron chi connectivity index (χ0n) is 17.7. The topological polar surface area (TPSA) is 21.3 Å². The van der Waals surface area contributed by atoms with Gasteiger partial charge in [-0.15, -0.1) is 0 Å². The van der Waals surface area contributed by atoms with E-state index in [0.717, 1.165) is 18.9 Å². The van der Waals surface area contributed by atoms with Gasteiger partial charge in [0.15, 0.2) is 0 Å². The Hall–Kier alpha value is -1.02. The van der Waals surface area contributed by atoms with Crippen LogP contribution in [0.1, 0.15) is 109 Å². The molecule has 1 aromatic carbocycles. The summed E-state index contributed by atoms with van der Waals surface area (Å²) in [5.74, 6) is 1.01. The van der Waals surface area contributed by atoms with Crippen LogP contribution in [0.3, 0.4) is 0 Å². The van der Waals surface area contributed by atoms with Crippen LogP contribution in [0.2, 0.25) is 0 Å². The number of benzene rings is 1. The molecule has 150 valence electrons. The highest BCUT2D eigenvalue weighted by atomic mass is 16.5. The normalized spacial score (nSPS) is 12.3. The molecule has 1 aromatic rings. The summed E-state index contributed by atoms with van der Waals surface area (Å²) in [7, 11) is 0. The molecule has 0 radical (unpaired) electrons. The fourth-order valence-corrected chi connectivity index (χ4v) is 3.27. The second-order valence-electron chi connectivity index (χ2n) is 7.63. The minimum atomic E-state index is 0.415. The van der Waals surface area contributed by atoms with Crippen LogP contribution in [0.15, 0.2) is 24.3 Å². The maximum Gasteiger partial charge on any atom is 0.119 e. The molecule has 0 bridgehead atoms. The SMILES string of the molecule is CCCCCCCCNC(C)c1ccc(OCCCCCCCC)cc1. The molecular formula is C24H43NO. The highest BCUT2D eigenvalue weighted by Gasteiger charge is 2.04. The molecule has 0 aliphatic carbocycles. The van der Waals surface area contributed by atoms with Gasteiger partial charge in [-0.05, 0) is 44.0 Å². The van der Waals surface area contributed by atoms with Crippen molar-refractivity contribution in [2.45, 2.75) is 104 Å². The first-order valence-electron chi connectivity index (χ1n) is 11.2.